The Bertz CT molecular complexity index is 918. The van der Waals surface area contributed by atoms with E-state index < -0.39 is 5.82 Å². The van der Waals surface area contributed by atoms with E-state index in [2.05, 4.69) is 27.8 Å². The number of nitrogens with zero attached hydrogens (tertiary/aromatic N) is 1. The van der Waals surface area contributed by atoms with Crippen LogP contribution in [0, 0.1) is 5.82 Å². The lowest BCUT2D eigenvalue weighted by atomic mass is 10.1. The largest absolute Gasteiger partial charge is 0.354 e. The first kappa shape index (κ1) is 18.9. The summed E-state index contributed by atoms with van der Waals surface area (Å²) in [6.45, 7) is 0.582. The van der Waals surface area contributed by atoms with E-state index in [0.717, 1.165) is 12.8 Å². The molecule has 3 aromatic rings. The lowest BCUT2D eigenvalue weighted by Crippen LogP contribution is -2.25. The quantitative estimate of drug-likeness (QED) is 0.566. The van der Waals surface area contributed by atoms with Gasteiger partial charge in [-0.15, -0.1) is 0 Å². The van der Waals surface area contributed by atoms with Gasteiger partial charge in [0, 0.05) is 18.4 Å². The summed E-state index contributed by atoms with van der Waals surface area (Å²) in [5.41, 5.74) is 2.93. The Morgan fingerprint density at radius 2 is 1.85 bits per heavy atom. The molecule has 0 fully saturated rings. The van der Waals surface area contributed by atoms with Crippen LogP contribution in [0.25, 0.3) is 0 Å². The van der Waals surface area contributed by atoms with Crippen molar-refractivity contribution in [2.24, 2.45) is 0 Å². The number of carbonyl (C=O) groups is 1. The Hall–Kier alpha value is -2.92. The smallest absolute Gasteiger partial charge is 0.252 e. The van der Waals surface area contributed by atoms with Crippen LogP contribution in [0.15, 0.2) is 67.0 Å². The van der Waals surface area contributed by atoms with Gasteiger partial charge in [-0.05, 0) is 42.7 Å². The minimum atomic E-state index is -0.482. The molecule has 0 aliphatic carbocycles. The maximum Gasteiger partial charge on any atom is 0.252 e. The van der Waals surface area contributed by atoms with Crippen molar-refractivity contribution in [2.45, 2.75) is 12.8 Å². The standard InChI is InChI=1S/C21H19ClFN3O/c22-19-12-17(8-9-20(19)23)26-18-11-16(13-24-14-18)21(27)25-10-4-7-15-5-2-1-3-6-15/h1-3,5-6,8-9,11-14,26H,4,7,10H2,(H,25,27). The summed E-state index contributed by atoms with van der Waals surface area (Å²) in [6.07, 6.45) is 4.86. The summed E-state index contributed by atoms with van der Waals surface area (Å²) in [7, 11) is 0. The van der Waals surface area contributed by atoms with Crippen LogP contribution in [0.1, 0.15) is 22.3 Å². The van der Waals surface area contributed by atoms with E-state index in [4.69, 9.17) is 11.6 Å². The van der Waals surface area contributed by atoms with E-state index >= 15 is 0 Å². The van der Waals surface area contributed by atoms with Crippen LogP contribution in [0.3, 0.4) is 0 Å². The normalized spacial score (nSPS) is 10.4. The molecule has 2 N–H and O–H groups in total. The van der Waals surface area contributed by atoms with Gasteiger partial charge in [0.15, 0.2) is 0 Å². The van der Waals surface area contributed by atoms with E-state index in [0.29, 0.717) is 23.5 Å². The molecule has 3 rings (SSSR count). The molecule has 0 bridgehead atoms. The first-order valence-corrected chi connectivity index (χ1v) is 8.99. The number of benzene rings is 2. The van der Waals surface area contributed by atoms with Crippen molar-refractivity contribution in [1.82, 2.24) is 10.3 Å². The van der Waals surface area contributed by atoms with Crippen LogP contribution >= 0.6 is 11.6 Å². The van der Waals surface area contributed by atoms with Crippen molar-refractivity contribution in [1.29, 1.82) is 0 Å². The molecule has 138 valence electrons. The van der Waals surface area contributed by atoms with E-state index in [1.54, 1.807) is 18.3 Å². The summed E-state index contributed by atoms with van der Waals surface area (Å²) >= 11 is 5.78. The summed E-state index contributed by atoms with van der Waals surface area (Å²) in [5, 5.41) is 5.99. The molecule has 0 aliphatic heterocycles. The third-order valence-electron chi connectivity index (χ3n) is 3.98. The van der Waals surface area contributed by atoms with Gasteiger partial charge in [-0.3, -0.25) is 9.78 Å². The number of aryl methyl sites for hydroxylation is 1. The highest BCUT2D eigenvalue weighted by atomic mass is 35.5. The van der Waals surface area contributed by atoms with E-state index in [1.165, 1.54) is 23.9 Å². The van der Waals surface area contributed by atoms with Crippen molar-refractivity contribution in [3.63, 3.8) is 0 Å². The van der Waals surface area contributed by atoms with Crippen molar-refractivity contribution in [2.75, 3.05) is 11.9 Å². The lowest BCUT2D eigenvalue weighted by Gasteiger charge is -2.09. The Labute approximate surface area is 162 Å². The van der Waals surface area contributed by atoms with Gasteiger partial charge < -0.3 is 10.6 Å². The molecule has 0 saturated heterocycles. The van der Waals surface area contributed by atoms with Crippen LogP contribution in [-0.4, -0.2) is 17.4 Å². The number of rotatable bonds is 7. The third-order valence-corrected chi connectivity index (χ3v) is 4.27. The van der Waals surface area contributed by atoms with E-state index in [9.17, 15) is 9.18 Å². The number of pyridine rings is 1. The fourth-order valence-corrected chi connectivity index (χ4v) is 2.79. The van der Waals surface area contributed by atoms with Gasteiger partial charge in [-0.2, -0.15) is 0 Å². The summed E-state index contributed by atoms with van der Waals surface area (Å²) in [5.74, 6) is -0.666. The highest BCUT2D eigenvalue weighted by Gasteiger charge is 2.07. The number of hydrogen-bond acceptors (Lipinski definition) is 3. The van der Waals surface area contributed by atoms with Crippen molar-refractivity contribution < 1.29 is 9.18 Å². The predicted molar refractivity (Wildman–Crippen MR) is 106 cm³/mol. The number of hydrogen-bond donors (Lipinski definition) is 2. The Balaban J connectivity index is 1.54. The fraction of sp³-hybridized carbons (Fsp3) is 0.143. The van der Waals surface area contributed by atoms with Crippen molar-refractivity contribution >= 4 is 28.9 Å². The summed E-state index contributed by atoms with van der Waals surface area (Å²) in [6, 6.07) is 16.2. The average Bonchev–Trinajstić information content (AvgIpc) is 2.69. The van der Waals surface area contributed by atoms with E-state index in [-0.39, 0.29) is 10.9 Å². The van der Waals surface area contributed by atoms with Gasteiger partial charge in [-0.1, -0.05) is 41.9 Å². The molecule has 0 saturated carbocycles. The van der Waals surface area contributed by atoms with Gasteiger partial charge in [0.25, 0.3) is 5.91 Å². The SMILES string of the molecule is O=C(NCCCc1ccccc1)c1cncc(Nc2ccc(F)c(Cl)c2)c1. The zero-order valence-electron chi connectivity index (χ0n) is 14.6. The monoisotopic (exact) mass is 383 g/mol. The summed E-state index contributed by atoms with van der Waals surface area (Å²) < 4.78 is 13.2. The Kier molecular flexibility index (Phi) is 6.39. The maximum absolute atomic E-state index is 13.2. The molecule has 0 unspecified atom stereocenters. The number of carbonyl (C=O) groups excluding carboxylic acids is 1. The second-order valence-electron chi connectivity index (χ2n) is 6.06. The number of anilines is 2. The van der Waals surface area contributed by atoms with Gasteiger partial charge in [0.1, 0.15) is 5.82 Å². The predicted octanol–water partition coefficient (Wildman–Crippen LogP) is 4.98. The van der Waals surface area contributed by atoms with Crippen molar-refractivity contribution in [3.8, 4) is 0 Å². The summed E-state index contributed by atoms with van der Waals surface area (Å²) in [4.78, 5) is 16.4. The van der Waals surface area contributed by atoms with Crippen molar-refractivity contribution in [3.05, 3.63) is 89.0 Å². The molecule has 2 aromatic carbocycles. The average molecular weight is 384 g/mol. The third kappa shape index (κ3) is 5.53. The van der Waals surface area contributed by atoms with Crippen LogP contribution in [0.2, 0.25) is 5.02 Å². The zero-order valence-corrected chi connectivity index (χ0v) is 15.3. The Morgan fingerprint density at radius 1 is 1.04 bits per heavy atom. The minimum absolute atomic E-state index is 0.0280. The molecule has 27 heavy (non-hydrogen) atoms. The molecule has 4 nitrogen and oxygen atoms in total. The topological polar surface area (TPSA) is 54.0 Å². The van der Waals surface area contributed by atoms with Crippen LogP contribution < -0.4 is 10.6 Å². The van der Waals surface area contributed by atoms with Gasteiger partial charge in [0.2, 0.25) is 0 Å². The first-order chi connectivity index (χ1) is 13.1. The molecule has 1 heterocycles. The first-order valence-electron chi connectivity index (χ1n) is 8.61. The van der Waals surface area contributed by atoms with E-state index in [1.807, 2.05) is 18.2 Å². The zero-order chi connectivity index (χ0) is 19.1. The van der Waals surface area contributed by atoms with Gasteiger partial charge >= 0.3 is 0 Å². The Morgan fingerprint density at radius 3 is 2.63 bits per heavy atom. The number of amides is 1. The molecule has 1 aromatic heterocycles. The molecule has 1 amide bonds. The van der Waals surface area contributed by atoms with Crippen LogP contribution in [0.5, 0.6) is 0 Å². The second kappa shape index (κ2) is 9.14. The lowest BCUT2D eigenvalue weighted by molar-refractivity contribution is 0.0953. The molecule has 0 spiro atoms. The van der Waals surface area contributed by atoms with Gasteiger partial charge in [0.05, 0.1) is 22.5 Å². The molecule has 6 heteroatoms. The fourth-order valence-electron chi connectivity index (χ4n) is 2.61. The number of halogens is 2. The second-order valence-corrected chi connectivity index (χ2v) is 6.47. The number of aromatic nitrogens is 1. The molecule has 0 atom stereocenters. The van der Waals surface area contributed by atoms with Crippen LogP contribution in [0.4, 0.5) is 15.8 Å². The van der Waals surface area contributed by atoms with Gasteiger partial charge in [-0.25, -0.2) is 4.39 Å². The minimum Gasteiger partial charge on any atom is -0.354 e. The molecular formula is C21H19ClFN3O. The van der Waals surface area contributed by atoms with Crippen LogP contribution in [-0.2, 0) is 6.42 Å². The molecule has 0 aliphatic rings. The highest BCUT2D eigenvalue weighted by Crippen LogP contribution is 2.22. The highest BCUT2D eigenvalue weighted by molar-refractivity contribution is 6.31. The number of nitrogens with one attached hydrogen (secondary N) is 2. The molecule has 0 radical (unpaired) electrons. The maximum atomic E-state index is 13.2. The molecular weight excluding hydrogens is 365 g/mol.